The van der Waals surface area contributed by atoms with Gasteiger partial charge in [-0.3, -0.25) is 4.99 Å². The zero-order valence-electron chi connectivity index (χ0n) is 10.2. The van der Waals surface area contributed by atoms with Crippen LogP contribution in [0.4, 0.5) is 0 Å². The average Bonchev–Trinajstić information content (AvgIpc) is 2.60. The Labute approximate surface area is 136 Å². The topological polar surface area (TPSA) is 32.6 Å². The van der Waals surface area contributed by atoms with Crippen LogP contribution in [-0.4, -0.2) is 17.4 Å². The van der Waals surface area contributed by atoms with E-state index in [9.17, 15) is 5.11 Å². The van der Waals surface area contributed by atoms with E-state index in [0.717, 1.165) is 12.7 Å². The Bertz CT molecular complexity index is 438. The van der Waals surface area contributed by atoms with E-state index in [0.29, 0.717) is 11.8 Å². The summed E-state index contributed by atoms with van der Waals surface area (Å²) in [6.45, 7) is 0. The molecule has 2 nitrogen and oxygen atoms in total. The number of phenols is 1. The monoisotopic (exact) mass is 469 g/mol. The van der Waals surface area contributed by atoms with Crippen molar-refractivity contribution in [2.45, 2.75) is 44.6 Å². The summed E-state index contributed by atoms with van der Waals surface area (Å²) >= 11 is 4.43. The summed E-state index contributed by atoms with van der Waals surface area (Å²) in [5, 5.41) is 10.0. The van der Waals surface area contributed by atoms with Gasteiger partial charge in [0.25, 0.3) is 0 Å². The molecule has 4 heteroatoms. The third kappa shape index (κ3) is 4.08. The Morgan fingerprint density at radius 1 is 1.11 bits per heavy atom. The normalized spacial score (nSPS) is 18.1. The smallest absolute Gasteiger partial charge is 0.137 e. The molecule has 0 aliphatic heterocycles. The van der Waals surface area contributed by atoms with E-state index in [2.05, 4.69) is 50.2 Å². The fourth-order valence-corrected chi connectivity index (χ4v) is 4.17. The molecular weight excluding hydrogens is 452 g/mol. The van der Waals surface area contributed by atoms with E-state index in [1.54, 1.807) is 0 Å². The van der Waals surface area contributed by atoms with Crippen molar-refractivity contribution in [2.24, 2.45) is 4.99 Å². The van der Waals surface area contributed by atoms with Crippen molar-refractivity contribution in [3.63, 3.8) is 0 Å². The molecule has 1 fully saturated rings. The van der Waals surface area contributed by atoms with Crippen LogP contribution in [-0.2, 0) is 0 Å². The molecular formula is C14H17I2NO. The van der Waals surface area contributed by atoms with Gasteiger partial charge < -0.3 is 5.11 Å². The van der Waals surface area contributed by atoms with E-state index >= 15 is 0 Å². The molecule has 0 atom stereocenters. The molecule has 0 amide bonds. The Morgan fingerprint density at radius 3 is 2.44 bits per heavy atom. The summed E-state index contributed by atoms with van der Waals surface area (Å²) in [4.78, 5) is 4.66. The van der Waals surface area contributed by atoms with Crippen molar-refractivity contribution in [1.82, 2.24) is 0 Å². The molecule has 0 unspecified atom stereocenters. The second-order valence-electron chi connectivity index (χ2n) is 4.75. The largest absolute Gasteiger partial charge is 0.506 e. The number of halogens is 2. The highest BCUT2D eigenvalue weighted by molar-refractivity contribution is 14.1. The Kier molecular flexibility index (Phi) is 5.72. The van der Waals surface area contributed by atoms with E-state index in [-0.39, 0.29) is 0 Å². The minimum Gasteiger partial charge on any atom is -0.506 e. The maximum atomic E-state index is 10.0. The van der Waals surface area contributed by atoms with Crippen LogP contribution >= 0.6 is 45.2 Å². The first-order chi connectivity index (χ1) is 8.66. The highest BCUT2D eigenvalue weighted by Gasteiger charge is 2.11. The van der Waals surface area contributed by atoms with Gasteiger partial charge >= 0.3 is 0 Å². The number of nitrogens with zero attached hydrogens (tertiary/aromatic N) is 1. The van der Waals surface area contributed by atoms with Gasteiger partial charge in [-0.1, -0.05) is 25.7 Å². The Balaban J connectivity index is 2.12. The standard InChI is InChI=1S/C14H17I2NO/c15-11-7-10(14(18)13(16)8-11)9-17-12-5-3-1-2-4-6-12/h7-9,12,18H,1-6H2. The molecule has 0 radical (unpaired) electrons. The summed E-state index contributed by atoms with van der Waals surface area (Å²) < 4.78 is 2.03. The molecule has 1 saturated carbocycles. The van der Waals surface area contributed by atoms with Gasteiger partial charge in [0.05, 0.1) is 3.57 Å². The van der Waals surface area contributed by atoms with Gasteiger partial charge in [0.1, 0.15) is 5.75 Å². The molecule has 1 aliphatic carbocycles. The quantitative estimate of drug-likeness (QED) is 0.379. The molecule has 2 rings (SSSR count). The van der Waals surface area contributed by atoms with Gasteiger partial charge in [0, 0.05) is 21.4 Å². The van der Waals surface area contributed by atoms with E-state index in [4.69, 9.17) is 0 Å². The average molecular weight is 469 g/mol. The number of rotatable bonds is 2. The summed E-state index contributed by atoms with van der Waals surface area (Å²) in [6, 6.07) is 4.40. The fourth-order valence-electron chi connectivity index (χ4n) is 2.28. The highest BCUT2D eigenvalue weighted by atomic mass is 127. The lowest BCUT2D eigenvalue weighted by molar-refractivity contribution is 0.470. The predicted octanol–water partition coefficient (Wildman–Crippen LogP) is 4.74. The van der Waals surface area contributed by atoms with Gasteiger partial charge in [0.15, 0.2) is 0 Å². The lowest BCUT2D eigenvalue weighted by atomic mass is 10.1. The van der Waals surface area contributed by atoms with Crippen molar-refractivity contribution >= 4 is 51.4 Å². The molecule has 98 valence electrons. The van der Waals surface area contributed by atoms with Crippen LogP contribution in [0.3, 0.4) is 0 Å². The zero-order valence-corrected chi connectivity index (χ0v) is 14.5. The van der Waals surface area contributed by atoms with Gasteiger partial charge in [-0.25, -0.2) is 0 Å². The maximum absolute atomic E-state index is 10.0. The lowest BCUT2D eigenvalue weighted by Gasteiger charge is -2.08. The minimum atomic E-state index is 0.355. The number of benzene rings is 1. The van der Waals surface area contributed by atoms with Crippen molar-refractivity contribution < 1.29 is 5.11 Å². The van der Waals surface area contributed by atoms with Crippen LogP contribution in [0.2, 0.25) is 0 Å². The van der Waals surface area contributed by atoms with Crippen LogP contribution in [0.15, 0.2) is 17.1 Å². The zero-order chi connectivity index (χ0) is 13.0. The maximum Gasteiger partial charge on any atom is 0.137 e. The summed E-state index contributed by atoms with van der Waals surface area (Å²) in [5.41, 5.74) is 0.843. The minimum absolute atomic E-state index is 0.355. The molecule has 0 heterocycles. The van der Waals surface area contributed by atoms with E-state index in [1.165, 1.54) is 38.5 Å². The highest BCUT2D eigenvalue weighted by Crippen LogP contribution is 2.26. The van der Waals surface area contributed by atoms with Gasteiger partial charge in [-0.15, -0.1) is 0 Å². The third-order valence-electron chi connectivity index (χ3n) is 3.31. The molecule has 1 aliphatic rings. The van der Waals surface area contributed by atoms with E-state index < -0.39 is 0 Å². The molecule has 0 saturated heterocycles. The first-order valence-corrected chi connectivity index (χ1v) is 8.54. The fraction of sp³-hybridized carbons (Fsp3) is 0.500. The van der Waals surface area contributed by atoms with Gasteiger partial charge in [-0.2, -0.15) is 0 Å². The number of hydrogen-bond acceptors (Lipinski definition) is 2. The number of phenolic OH excluding ortho intramolecular Hbond substituents is 1. The van der Waals surface area contributed by atoms with Crippen LogP contribution in [0.1, 0.15) is 44.1 Å². The summed E-state index contributed by atoms with van der Waals surface area (Å²) in [6.07, 6.45) is 9.51. The number of aromatic hydroxyl groups is 1. The van der Waals surface area contributed by atoms with Crippen molar-refractivity contribution in [3.05, 3.63) is 24.8 Å². The van der Waals surface area contributed by atoms with Crippen LogP contribution < -0.4 is 0 Å². The summed E-state index contributed by atoms with van der Waals surface area (Å²) in [5.74, 6) is 0.355. The lowest BCUT2D eigenvalue weighted by Crippen LogP contribution is -2.02. The van der Waals surface area contributed by atoms with Crippen molar-refractivity contribution in [2.75, 3.05) is 0 Å². The Morgan fingerprint density at radius 2 is 1.78 bits per heavy atom. The molecule has 0 aromatic heterocycles. The van der Waals surface area contributed by atoms with Crippen LogP contribution in [0, 0.1) is 7.14 Å². The number of aliphatic imine (C=N–C) groups is 1. The molecule has 0 bridgehead atoms. The van der Waals surface area contributed by atoms with Gasteiger partial charge in [-0.05, 0) is 70.2 Å². The number of hydrogen-bond donors (Lipinski definition) is 1. The molecule has 1 N–H and O–H groups in total. The molecule has 1 aromatic carbocycles. The van der Waals surface area contributed by atoms with Crippen LogP contribution in [0.5, 0.6) is 5.75 Å². The summed E-state index contributed by atoms with van der Waals surface area (Å²) in [7, 11) is 0. The predicted molar refractivity (Wildman–Crippen MR) is 92.6 cm³/mol. The first-order valence-electron chi connectivity index (χ1n) is 6.38. The second kappa shape index (κ2) is 7.07. The second-order valence-corrected chi connectivity index (χ2v) is 7.16. The third-order valence-corrected chi connectivity index (χ3v) is 4.75. The molecule has 18 heavy (non-hydrogen) atoms. The molecule has 1 aromatic rings. The first kappa shape index (κ1) is 14.6. The SMILES string of the molecule is Oc1c(I)cc(I)cc1C=NC1CCCCCC1. The van der Waals surface area contributed by atoms with E-state index in [1.807, 2.05) is 18.3 Å². The Hall–Kier alpha value is 0.150. The van der Waals surface area contributed by atoms with Crippen LogP contribution in [0.25, 0.3) is 0 Å². The molecule has 0 spiro atoms. The van der Waals surface area contributed by atoms with Gasteiger partial charge in [0.2, 0.25) is 0 Å². The van der Waals surface area contributed by atoms with Crippen molar-refractivity contribution in [1.29, 1.82) is 0 Å². The van der Waals surface area contributed by atoms with Crippen molar-refractivity contribution in [3.8, 4) is 5.75 Å².